The van der Waals surface area contributed by atoms with Crippen LogP contribution in [0.2, 0.25) is 0 Å². The maximum atomic E-state index is 12.5. The van der Waals surface area contributed by atoms with Crippen LogP contribution < -0.4 is 4.72 Å². The van der Waals surface area contributed by atoms with Crippen molar-refractivity contribution in [3.8, 4) is 0 Å². The van der Waals surface area contributed by atoms with Crippen LogP contribution in [0.15, 0.2) is 16.3 Å². The molecule has 1 aromatic heterocycles. The molecule has 0 radical (unpaired) electrons. The minimum absolute atomic E-state index is 0.136. The third kappa shape index (κ3) is 3.42. The Kier molecular flexibility index (Phi) is 4.89. The molecule has 2 atom stereocenters. The van der Waals surface area contributed by atoms with Gasteiger partial charge in [-0.2, -0.15) is 0 Å². The summed E-state index contributed by atoms with van der Waals surface area (Å²) >= 11 is 1.31. The predicted octanol–water partition coefficient (Wildman–Crippen LogP) is 2.53. The fourth-order valence-electron chi connectivity index (χ4n) is 2.96. The Hall–Kier alpha value is -0.430. The Morgan fingerprint density at radius 3 is 2.80 bits per heavy atom. The van der Waals surface area contributed by atoms with Crippen LogP contribution in [0.3, 0.4) is 0 Å². The van der Waals surface area contributed by atoms with Crippen molar-refractivity contribution in [3.05, 3.63) is 17.0 Å². The van der Waals surface area contributed by atoms with E-state index in [1.165, 1.54) is 11.3 Å². The molecular formula is C14H23NO3S2. The molecule has 2 unspecified atom stereocenters. The molecule has 0 spiro atoms. The highest BCUT2D eigenvalue weighted by molar-refractivity contribution is 7.91. The molecule has 0 aromatic carbocycles. The van der Waals surface area contributed by atoms with E-state index < -0.39 is 15.6 Å². The number of rotatable bonds is 5. The smallest absolute Gasteiger partial charge is 0.250 e. The molecule has 0 bridgehead atoms. The second kappa shape index (κ2) is 6.13. The van der Waals surface area contributed by atoms with Gasteiger partial charge in [0.05, 0.1) is 12.1 Å². The van der Waals surface area contributed by atoms with Crippen molar-refractivity contribution < 1.29 is 13.5 Å². The summed E-state index contributed by atoms with van der Waals surface area (Å²) in [4.78, 5) is 1.06. The minimum atomic E-state index is -3.53. The lowest BCUT2D eigenvalue weighted by molar-refractivity contribution is 0.120. The SMILES string of the molecule is CCc1ccc(S(=O)(=O)NC2(CO)CCCC(C)C2)s1. The van der Waals surface area contributed by atoms with Gasteiger partial charge in [0.2, 0.25) is 0 Å². The molecule has 1 heterocycles. The number of aliphatic hydroxyl groups is 1. The van der Waals surface area contributed by atoms with Crippen LogP contribution >= 0.6 is 11.3 Å². The lowest BCUT2D eigenvalue weighted by atomic mass is 9.78. The summed E-state index contributed by atoms with van der Waals surface area (Å²) < 4.78 is 28.1. The first-order chi connectivity index (χ1) is 9.41. The maximum Gasteiger partial charge on any atom is 0.250 e. The number of sulfonamides is 1. The zero-order chi connectivity index (χ0) is 14.8. The van der Waals surface area contributed by atoms with Crippen molar-refractivity contribution >= 4 is 21.4 Å². The van der Waals surface area contributed by atoms with E-state index in [9.17, 15) is 13.5 Å². The van der Waals surface area contributed by atoms with Crippen molar-refractivity contribution in [3.63, 3.8) is 0 Å². The maximum absolute atomic E-state index is 12.5. The van der Waals surface area contributed by atoms with E-state index in [0.29, 0.717) is 23.0 Å². The highest BCUT2D eigenvalue weighted by Crippen LogP contribution is 2.34. The van der Waals surface area contributed by atoms with E-state index in [-0.39, 0.29) is 6.61 Å². The first kappa shape index (κ1) is 15.9. The molecule has 20 heavy (non-hydrogen) atoms. The van der Waals surface area contributed by atoms with Gasteiger partial charge < -0.3 is 5.11 Å². The van der Waals surface area contributed by atoms with Crippen LogP contribution in [0.1, 0.15) is 44.4 Å². The number of hydrogen-bond donors (Lipinski definition) is 2. The van der Waals surface area contributed by atoms with Gasteiger partial charge >= 0.3 is 0 Å². The van der Waals surface area contributed by atoms with Crippen LogP contribution in [0.25, 0.3) is 0 Å². The number of nitrogens with one attached hydrogen (secondary N) is 1. The topological polar surface area (TPSA) is 66.4 Å². The second-order valence-corrected chi connectivity index (χ2v) is 8.90. The first-order valence-electron chi connectivity index (χ1n) is 7.14. The zero-order valence-electron chi connectivity index (χ0n) is 12.1. The average molecular weight is 317 g/mol. The Bertz CT molecular complexity index is 553. The predicted molar refractivity (Wildman–Crippen MR) is 81.5 cm³/mol. The highest BCUT2D eigenvalue weighted by Gasteiger charge is 2.38. The van der Waals surface area contributed by atoms with Gasteiger partial charge in [-0.3, -0.25) is 0 Å². The summed E-state index contributed by atoms with van der Waals surface area (Å²) in [5.74, 6) is 0.438. The van der Waals surface area contributed by atoms with Gasteiger partial charge in [-0.1, -0.05) is 26.7 Å². The van der Waals surface area contributed by atoms with Crippen LogP contribution in [-0.2, 0) is 16.4 Å². The third-order valence-corrected chi connectivity index (χ3v) is 7.30. The standard InChI is InChI=1S/C14H23NO3S2/c1-3-12-6-7-13(19-12)20(17,18)15-14(10-16)8-4-5-11(2)9-14/h6-7,11,15-16H,3-5,8-10H2,1-2H3. The van der Waals surface area contributed by atoms with Gasteiger partial charge in [-0.05, 0) is 37.3 Å². The van der Waals surface area contributed by atoms with E-state index in [1.54, 1.807) is 6.07 Å². The Balaban J connectivity index is 2.21. The fraction of sp³-hybridized carbons (Fsp3) is 0.714. The Morgan fingerprint density at radius 2 is 2.25 bits per heavy atom. The van der Waals surface area contributed by atoms with Crippen LogP contribution in [0, 0.1) is 5.92 Å². The highest BCUT2D eigenvalue weighted by atomic mass is 32.2. The quantitative estimate of drug-likeness (QED) is 0.877. The van der Waals surface area contributed by atoms with Crippen molar-refractivity contribution in [2.75, 3.05) is 6.61 Å². The molecular weight excluding hydrogens is 294 g/mol. The summed E-state index contributed by atoms with van der Waals surface area (Å²) in [5, 5.41) is 9.70. The summed E-state index contributed by atoms with van der Waals surface area (Å²) in [7, 11) is -3.53. The van der Waals surface area contributed by atoms with Gasteiger partial charge in [-0.15, -0.1) is 11.3 Å². The normalized spacial score (nSPS) is 27.6. The van der Waals surface area contributed by atoms with Crippen LogP contribution in [0.4, 0.5) is 0 Å². The number of aliphatic hydroxyl groups excluding tert-OH is 1. The molecule has 0 amide bonds. The Labute approximate surface area is 125 Å². The lowest BCUT2D eigenvalue weighted by Crippen LogP contribution is -2.53. The molecule has 2 N–H and O–H groups in total. The van der Waals surface area contributed by atoms with Gasteiger partial charge in [-0.25, -0.2) is 13.1 Å². The van der Waals surface area contributed by atoms with E-state index >= 15 is 0 Å². The van der Waals surface area contributed by atoms with E-state index in [0.717, 1.165) is 24.1 Å². The zero-order valence-corrected chi connectivity index (χ0v) is 13.7. The van der Waals surface area contributed by atoms with Crippen molar-refractivity contribution in [2.45, 2.75) is 55.7 Å². The molecule has 1 aliphatic carbocycles. The molecule has 1 saturated carbocycles. The monoisotopic (exact) mass is 317 g/mol. The van der Waals surface area contributed by atoms with Crippen LogP contribution in [0.5, 0.6) is 0 Å². The van der Waals surface area contributed by atoms with Crippen molar-refractivity contribution in [1.29, 1.82) is 0 Å². The van der Waals surface area contributed by atoms with E-state index in [1.807, 2.05) is 13.0 Å². The molecule has 1 aliphatic rings. The molecule has 0 saturated heterocycles. The summed E-state index contributed by atoms with van der Waals surface area (Å²) in [6.45, 7) is 3.98. The fourth-order valence-corrected chi connectivity index (χ4v) is 5.68. The molecule has 0 aliphatic heterocycles. The lowest BCUT2D eigenvalue weighted by Gasteiger charge is -2.38. The van der Waals surface area contributed by atoms with Crippen molar-refractivity contribution in [1.82, 2.24) is 4.72 Å². The molecule has 1 fully saturated rings. The number of aryl methyl sites for hydroxylation is 1. The van der Waals surface area contributed by atoms with E-state index in [2.05, 4.69) is 11.6 Å². The summed E-state index contributed by atoms with van der Waals surface area (Å²) in [6, 6.07) is 3.51. The average Bonchev–Trinajstić information content (AvgIpc) is 2.88. The minimum Gasteiger partial charge on any atom is -0.394 e. The van der Waals surface area contributed by atoms with Crippen molar-refractivity contribution in [2.24, 2.45) is 5.92 Å². The van der Waals surface area contributed by atoms with E-state index in [4.69, 9.17) is 0 Å². The van der Waals surface area contributed by atoms with Gasteiger partial charge in [0.25, 0.3) is 10.0 Å². The number of hydrogen-bond acceptors (Lipinski definition) is 4. The first-order valence-corrected chi connectivity index (χ1v) is 9.44. The molecule has 114 valence electrons. The number of thiophene rings is 1. The Morgan fingerprint density at radius 1 is 1.50 bits per heavy atom. The molecule has 4 nitrogen and oxygen atoms in total. The largest absolute Gasteiger partial charge is 0.394 e. The summed E-state index contributed by atoms with van der Waals surface area (Å²) in [5.41, 5.74) is -0.688. The third-order valence-electron chi connectivity index (χ3n) is 4.00. The van der Waals surface area contributed by atoms with Crippen LogP contribution in [-0.4, -0.2) is 25.7 Å². The second-order valence-electron chi connectivity index (χ2n) is 5.82. The summed E-state index contributed by atoms with van der Waals surface area (Å²) in [6.07, 6.45) is 4.30. The molecule has 6 heteroatoms. The van der Waals surface area contributed by atoms with Gasteiger partial charge in [0, 0.05) is 4.88 Å². The molecule has 1 aromatic rings. The van der Waals surface area contributed by atoms with Gasteiger partial charge in [0.15, 0.2) is 0 Å². The molecule has 2 rings (SSSR count). The van der Waals surface area contributed by atoms with Gasteiger partial charge in [0.1, 0.15) is 4.21 Å².